The number of likely N-dealkylation sites (tertiary alicyclic amines) is 1. The lowest BCUT2D eigenvalue weighted by Gasteiger charge is -2.19. The van der Waals surface area contributed by atoms with E-state index in [2.05, 4.69) is 36.1 Å². The van der Waals surface area contributed by atoms with Crippen molar-refractivity contribution in [2.45, 2.75) is 32.2 Å². The second kappa shape index (κ2) is 7.20. The van der Waals surface area contributed by atoms with Crippen molar-refractivity contribution >= 4 is 0 Å². The normalized spacial score (nSPS) is 20.0. The van der Waals surface area contributed by atoms with E-state index in [0.29, 0.717) is 6.04 Å². The van der Waals surface area contributed by atoms with Gasteiger partial charge >= 0.3 is 0 Å². The second-order valence-corrected chi connectivity index (χ2v) is 5.02. The van der Waals surface area contributed by atoms with Crippen molar-refractivity contribution in [1.82, 2.24) is 15.1 Å². The molecule has 0 spiro atoms. The van der Waals surface area contributed by atoms with Gasteiger partial charge in [0.25, 0.3) is 0 Å². The first-order chi connectivity index (χ1) is 7.18. The van der Waals surface area contributed by atoms with Gasteiger partial charge in [-0.25, -0.2) is 0 Å². The standard InChI is InChI=1S/C12H27N3/c1-12(11-14(2)3)13-7-6-10-15-8-4-5-9-15/h12-13H,4-11H2,1-3H3. The molecule has 1 unspecified atom stereocenters. The topological polar surface area (TPSA) is 18.5 Å². The molecule has 3 heteroatoms. The third-order valence-corrected chi connectivity index (χ3v) is 2.98. The van der Waals surface area contributed by atoms with E-state index in [1.165, 1.54) is 38.9 Å². The van der Waals surface area contributed by atoms with E-state index in [4.69, 9.17) is 0 Å². The van der Waals surface area contributed by atoms with Crippen LogP contribution < -0.4 is 5.32 Å². The lowest BCUT2D eigenvalue weighted by molar-refractivity contribution is 0.316. The van der Waals surface area contributed by atoms with Gasteiger partial charge in [-0.2, -0.15) is 0 Å². The molecular formula is C12H27N3. The van der Waals surface area contributed by atoms with Gasteiger partial charge in [-0.05, 0) is 66.5 Å². The number of hydrogen-bond acceptors (Lipinski definition) is 3. The van der Waals surface area contributed by atoms with Crippen LogP contribution in [-0.2, 0) is 0 Å². The summed E-state index contributed by atoms with van der Waals surface area (Å²) in [6.45, 7) is 8.48. The Bertz CT molecular complexity index is 153. The molecule has 1 aliphatic heterocycles. The van der Waals surface area contributed by atoms with Crippen LogP contribution in [0.4, 0.5) is 0 Å². The Morgan fingerprint density at radius 2 is 1.93 bits per heavy atom. The molecule has 0 radical (unpaired) electrons. The van der Waals surface area contributed by atoms with Gasteiger partial charge < -0.3 is 15.1 Å². The summed E-state index contributed by atoms with van der Waals surface area (Å²) in [7, 11) is 4.25. The van der Waals surface area contributed by atoms with E-state index in [9.17, 15) is 0 Å². The maximum atomic E-state index is 3.57. The Balaban J connectivity index is 1.91. The van der Waals surface area contributed by atoms with Gasteiger partial charge in [-0.1, -0.05) is 0 Å². The Morgan fingerprint density at radius 1 is 1.27 bits per heavy atom. The van der Waals surface area contributed by atoms with E-state index < -0.39 is 0 Å². The highest BCUT2D eigenvalue weighted by atomic mass is 15.1. The van der Waals surface area contributed by atoms with Crippen molar-refractivity contribution in [2.24, 2.45) is 0 Å². The maximum absolute atomic E-state index is 3.57. The highest BCUT2D eigenvalue weighted by molar-refractivity contribution is 4.68. The Labute approximate surface area is 94.8 Å². The van der Waals surface area contributed by atoms with Crippen LogP contribution in [0.15, 0.2) is 0 Å². The Kier molecular flexibility index (Phi) is 6.22. The Hall–Kier alpha value is -0.120. The number of likely N-dealkylation sites (N-methyl/N-ethyl adjacent to an activating group) is 1. The molecule has 1 rings (SSSR count). The van der Waals surface area contributed by atoms with Gasteiger partial charge in [0.05, 0.1) is 0 Å². The lowest BCUT2D eigenvalue weighted by Crippen LogP contribution is -2.37. The summed E-state index contributed by atoms with van der Waals surface area (Å²) < 4.78 is 0. The van der Waals surface area contributed by atoms with E-state index in [1.54, 1.807) is 0 Å². The predicted molar refractivity (Wildman–Crippen MR) is 66.3 cm³/mol. The van der Waals surface area contributed by atoms with Crippen molar-refractivity contribution in [2.75, 3.05) is 46.8 Å². The summed E-state index contributed by atoms with van der Waals surface area (Å²) in [5, 5.41) is 3.57. The minimum atomic E-state index is 0.610. The zero-order valence-corrected chi connectivity index (χ0v) is 10.6. The minimum absolute atomic E-state index is 0.610. The quantitative estimate of drug-likeness (QED) is 0.637. The fourth-order valence-electron chi connectivity index (χ4n) is 2.27. The van der Waals surface area contributed by atoms with Crippen LogP contribution in [0.25, 0.3) is 0 Å². The highest BCUT2D eigenvalue weighted by Crippen LogP contribution is 2.06. The smallest absolute Gasteiger partial charge is 0.0166 e. The van der Waals surface area contributed by atoms with Crippen LogP contribution in [-0.4, -0.2) is 62.7 Å². The zero-order chi connectivity index (χ0) is 11.1. The average molecular weight is 213 g/mol. The van der Waals surface area contributed by atoms with E-state index in [1.807, 2.05) is 0 Å². The first-order valence-corrected chi connectivity index (χ1v) is 6.29. The molecule has 0 amide bonds. The fraction of sp³-hybridized carbons (Fsp3) is 1.00. The zero-order valence-electron chi connectivity index (χ0n) is 10.6. The molecule has 1 heterocycles. The summed E-state index contributed by atoms with van der Waals surface area (Å²) in [4.78, 5) is 4.82. The van der Waals surface area contributed by atoms with Gasteiger partial charge in [-0.3, -0.25) is 0 Å². The first-order valence-electron chi connectivity index (χ1n) is 6.29. The van der Waals surface area contributed by atoms with Gasteiger partial charge in [-0.15, -0.1) is 0 Å². The summed E-state index contributed by atoms with van der Waals surface area (Å²) in [6, 6.07) is 0.610. The number of hydrogen-bond donors (Lipinski definition) is 1. The van der Waals surface area contributed by atoms with Gasteiger partial charge in [0.15, 0.2) is 0 Å². The molecule has 0 aromatic rings. The molecule has 1 atom stereocenters. The van der Waals surface area contributed by atoms with Crippen LogP contribution in [0.5, 0.6) is 0 Å². The first kappa shape index (κ1) is 12.9. The monoisotopic (exact) mass is 213 g/mol. The molecular weight excluding hydrogens is 186 g/mol. The molecule has 1 saturated heterocycles. The highest BCUT2D eigenvalue weighted by Gasteiger charge is 2.10. The molecule has 1 fully saturated rings. The van der Waals surface area contributed by atoms with Gasteiger partial charge in [0.2, 0.25) is 0 Å². The third kappa shape index (κ3) is 6.13. The van der Waals surface area contributed by atoms with Crippen LogP contribution >= 0.6 is 0 Å². The molecule has 3 nitrogen and oxygen atoms in total. The number of nitrogens with one attached hydrogen (secondary N) is 1. The third-order valence-electron chi connectivity index (χ3n) is 2.98. The lowest BCUT2D eigenvalue weighted by atomic mass is 10.3. The summed E-state index contributed by atoms with van der Waals surface area (Å²) in [5.74, 6) is 0. The van der Waals surface area contributed by atoms with Crippen LogP contribution in [0.2, 0.25) is 0 Å². The number of rotatable bonds is 7. The molecule has 15 heavy (non-hydrogen) atoms. The summed E-state index contributed by atoms with van der Waals surface area (Å²) in [5.41, 5.74) is 0. The molecule has 0 aromatic heterocycles. The van der Waals surface area contributed by atoms with E-state index >= 15 is 0 Å². The van der Waals surface area contributed by atoms with Gasteiger partial charge in [0.1, 0.15) is 0 Å². The number of nitrogens with zero attached hydrogens (tertiary/aromatic N) is 2. The van der Waals surface area contributed by atoms with Crippen LogP contribution in [0.1, 0.15) is 26.2 Å². The predicted octanol–water partition coefficient (Wildman–Crippen LogP) is 1.01. The molecule has 90 valence electrons. The van der Waals surface area contributed by atoms with Crippen molar-refractivity contribution in [3.63, 3.8) is 0 Å². The minimum Gasteiger partial charge on any atom is -0.313 e. The maximum Gasteiger partial charge on any atom is 0.0166 e. The SMILES string of the molecule is CC(CN(C)C)NCCCN1CCCC1. The van der Waals surface area contributed by atoms with Crippen LogP contribution in [0.3, 0.4) is 0 Å². The second-order valence-electron chi connectivity index (χ2n) is 5.02. The largest absolute Gasteiger partial charge is 0.313 e. The van der Waals surface area contributed by atoms with E-state index in [0.717, 1.165) is 13.1 Å². The van der Waals surface area contributed by atoms with Crippen molar-refractivity contribution in [3.05, 3.63) is 0 Å². The fourth-order valence-corrected chi connectivity index (χ4v) is 2.27. The van der Waals surface area contributed by atoms with Crippen LogP contribution in [0, 0.1) is 0 Å². The molecule has 1 aliphatic rings. The molecule has 0 bridgehead atoms. The molecule has 0 saturated carbocycles. The molecule has 1 N–H and O–H groups in total. The van der Waals surface area contributed by atoms with E-state index in [-0.39, 0.29) is 0 Å². The Morgan fingerprint density at radius 3 is 2.53 bits per heavy atom. The molecule has 0 aliphatic carbocycles. The molecule has 0 aromatic carbocycles. The van der Waals surface area contributed by atoms with Crippen molar-refractivity contribution < 1.29 is 0 Å². The summed E-state index contributed by atoms with van der Waals surface area (Å²) >= 11 is 0. The average Bonchev–Trinajstić information content (AvgIpc) is 2.63. The van der Waals surface area contributed by atoms with Gasteiger partial charge in [0, 0.05) is 12.6 Å². The summed E-state index contributed by atoms with van der Waals surface area (Å²) in [6.07, 6.45) is 4.10. The van der Waals surface area contributed by atoms with Crippen molar-refractivity contribution in [3.8, 4) is 0 Å². The van der Waals surface area contributed by atoms with Crippen molar-refractivity contribution in [1.29, 1.82) is 0 Å².